The quantitative estimate of drug-likeness (QED) is 0.589. The number of ether oxygens (including phenoxy) is 2. The maximum Gasteiger partial charge on any atom is 0.258 e. The normalized spacial score (nSPS) is 11.5. The van der Waals surface area contributed by atoms with E-state index in [-0.39, 0.29) is 13.2 Å². The van der Waals surface area contributed by atoms with Crippen molar-refractivity contribution in [2.24, 2.45) is 5.73 Å². The molecule has 7 nitrogen and oxygen atoms in total. The van der Waals surface area contributed by atoms with Gasteiger partial charge in [-0.1, -0.05) is 0 Å². The average molecular weight is 268 g/mol. The monoisotopic (exact) mass is 268 g/mol. The van der Waals surface area contributed by atoms with Crippen molar-refractivity contribution in [1.82, 2.24) is 5.32 Å². The number of rotatable bonds is 7. The molecule has 0 fully saturated rings. The van der Waals surface area contributed by atoms with Crippen molar-refractivity contribution in [3.8, 4) is 11.5 Å². The Hall–Kier alpha value is -2.28. The number of amides is 2. The lowest BCUT2D eigenvalue weighted by molar-refractivity contribution is -0.127. The van der Waals surface area contributed by atoms with Crippen molar-refractivity contribution in [3.05, 3.63) is 24.3 Å². The van der Waals surface area contributed by atoms with E-state index in [4.69, 9.17) is 20.3 Å². The molecule has 1 unspecified atom stereocenters. The third kappa shape index (κ3) is 5.26. The Morgan fingerprint density at radius 1 is 1.32 bits per heavy atom. The fourth-order valence-corrected chi connectivity index (χ4v) is 1.18. The number of hydrogen-bond donors (Lipinski definition) is 3. The first-order chi connectivity index (χ1) is 9.02. The van der Waals surface area contributed by atoms with Crippen molar-refractivity contribution < 1.29 is 24.2 Å². The van der Waals surface area contributed by atoms with Gasteiger partial charge in [0.25, 0.3) is 5.91 Å². The first kappa shape index (κ1) is 14.8. The predicted molar refractivity (Wildman–Crippen MR) is 66.7 cm³/mol. The Morgan fingerprint density at radius 3 is 2.42 bits per heavy atom. The number of primary amides is 1. The lowest BCUT2D eigenvalue weighted by atomic mass is 10.3. The molecule has 2 amide bonds. The number of carbonyl (C=O) groups excluding carboxylic acids is 2. The number of methoxy groups -OCH3 is 1. The van der Waals surface area contributed by atoms with Gasteiger partial charge >= 0.3 is 0 Å². The molecule has 1 atom stereocenters. The lowest BCUT2D eigenvalue weighted by Crippen LogP contribution is -2.41. The minimum atomic E-state index is -1.40. The summed E-state index contributed by atoms with van der Waals surface area (Å²) in [6, 6.07) is 6.71. The summed E-state index contributed by atoms with van der Waals surface area (Å²) in [5.74, 6) is -0.166. The number of aliphatic hydroxyl groups excluding tert-OH is 1. The third-order valence-electron chi connectivity index (χ3n) is 2.25. The average Bonchev–Trinajstić information content (AvgIpc) is 2.42. The highest BCUT2D eigenvalue weighted by Gasteiger charge is 2.12. The van der Waals surface area contributed by atoms with Gasteiger partial charge in [0.1, 0.15) is 17.6 Å². The van der Waals surface area contributed by atoms with Gasteiger partial charge in [-0.15, -0.1) is 0 Å². The zero-order chi connectivity index (χ0) is 14.3. The first-order valence-electron chi connectivity index (χ1n) is 5.54. The van der Waals surface area contributed by atoms with Gasteiger partial charge in [-0.25, -0.2) is 0 Å². The van der Waals surface area contributed by atoms with E-state index < -0.39 is 17.9 Å². The summed E-state index contributed by atoms with van der Waals surface area (Å²) in [5.41, 5.74) is 4.83. The number of benzene rings is 1. The molecule has 0 spiro atoms. The fraction of sp³-hybridized carbons (Fsp3) is 0.333. The molecule has 7 heteroatoms. The van der Waals surface area contributed by atoms with E-state index in [2.05, 4.69) is 5.32 Å². The van der Waals surface area contributed by atoms with Crippen LogP contribution in [0, 0.1) is 0 Å². The second-order valence-corrected chi connectivity index (χ2v) is 3.69. The maximum atomic E-state index is 11.3. The minimum absolute atomic E-state index is 0.224. The zero-order valence-corrected chi connectivity index (χ0v) is 10.5. The molecule has 0 heterocycles. The summed E-state index contributed by atoms with van der Waals surface area (Å²) < 4.78 is 10.2. The highest BCUT2D eigenvalue weighted by molar-refractivity contribution is 5.81. The second-order valence-electron chi connectivity index (χ2n) is 3.69. The minimum Gasteiger partial charge on any atom is -0.497 e. The number of nitrogens with two attached hydrogens (primary N) is 1. The van der Waals surface area contributed by atoms with Crippen LogP contribution in [0.3, 0.4) is 0 Å². The molecule has 1 aromatic carbocycles. The Bertz CT molecular complexity index is 432. The van der Waals surface area contributed by atoms with Gasteiger partial charge in [0, 0.05) is 0 Å². The maximum absolute atomic E-state index is 11.3. The zero-order valence-electron chi connectivity index (χ0n) is 10.5. The van der Waals surface area contributed by atoms with Gasteiger partial charge in [-0.05, 0) is 24.3 Å². The van der Waals surface area contributed by atoms with E-state index >= 15 is 0 Å². The molecule has 0 aromatic heterocycles. The van der Waals surface area contributed by atoms with Gasteiger partial charge in [-0.3, -0.25) is 9.59 Å². The largest absolute Gasteiger partial charge is 0.497 e. The van der Waals surface area contributed by atoms with E-state index in [0.717, 1.165) is 0 Å². The molecule has 104 valence electrons. The van der Waals surface area contributed by atoms with E-state index in [1.54, 1.807) is 31.4 Å². The molecule has 0 saturated heterocycles. The first-order valence-corrected chi connectivity index (χ1v) is 5.54. The molecule has 0 saturated carbocycles. The van der Waals surface area contributed by atoms with Crippen molar-refractivity contribution >= 4 is 11.8 Å². The van der Waals surface area contributed by atoms with Crippen molar-refractivity contribution in [1.29, 1.82) is 0 Å². The topological polar surface area (TPSA) is 111 Å². The highest BCUT2D eigenvalue weighted by atomic mass is 16.5. The molecule has 19 heavy (non-hydrogen) atoms. The van der Waals surface area contributed by atoms with Crippen LogP contribution in [0.5, 0.6) is 11.5 Å². The van der Waals surface area contributed by atoms with Crippen LogP contribution in [0.4, 0.5) is 0 Å². The van der Waals surface area contributed by atoms with Crippen LogP contribution in [0.25, 0.3) is 0 Å². The number of carbonyl (C=O) groups is 2. The summed E-state index contributed by atoms with van der Waals surface area (Å²) in [6.07, 6.45) is -1.40. The Labute approximate surface area is 110 Å². The number of aliphatic hydroxyl groups is 1. The molecule has 4 N–H and O–H groups in total. The van der Waals surface area contributed by atoms with E-state index in [1.807, 2.05) is 0 Å². The summed E-state index contributed by atoms with van der Waals surface area (Å²) in [7, 11) is 1.55. The van der Waals surface area contributed by atoms with Gasteiger partial charge in [0.15, 0.2) is 6.61 Å². The van der Waals surface area contributed by atoms with Crippen LogP contribution in [0.15, 0.2) is 24.3 Å². The van der Waals surface area contributed by atoms with Crippen LogP contribution >= 0.6 is 0 Å². The van der Waals surface area contributed by atoms with E-state index in [9.17, 15) is 9.59 Å². The second kappa shape index (κ2) is 7.22. The van der Waals surface area contributed by atoms with Crippen LogP contribution in [-0.2, 0) is 9.59 Å². The van der Waals surface area contributed by atoms with E-state index in [0.29, 0.717) is 11.5 Å². The third-order valence-corrected chi connectivity index (χ3v) is 2.25. The molecule has 0 aliphatic heterocycles. The summed E-state index contributed by atoms with van der Waals surface area (Å²) >= 11 is 0. The fourth-order valence-electron chi connectivity index (χ4n) is 1.18. The Kier molecular flexibility index (Phi) is 5.62. The van der Waals surface area contributed by atoms with Crippen LogP contribution in [0.2, 0.25) is 0 Å². The van der Waals surface area contributed by atoms with Crippen molar-refractivity contribution in [2.45, 2.75) is 6.10 Å². The van der Waals surface area contributed by atoms with Gasteiger partial charge < -0.3 is 25.6 Å². The van der Waals surface area contributed by atoms with Crippen LogP contribution in [-0.4, -0.2) is 43.3 Å². The van der Waals surface area contributed by atoms with Crippen LogP contribution < -0.4 is 20.5 Å². The molecule has 0 radical (unpaired) electrons. The van der Waals surface area contributed by atoms with Crippen molar-refractivity contribution in [2.75, 3.05) is 20.3 Å². The smallest absolute Gasteiger partial charge is 0.258 e. The summed E-state index contributed by atoms with van der Waals surface area (Å²) in [6.45, 7) is -0.460. The Balaban J connectivity index is 2.31. The lowest BCUT2D eigenvalue weighted by Gasteiger charge is -2.09. The van der Waals surface area contributed by atoms with Gasteiger partial charge in [0.2, 0.25) is 5.91 Å². The number of hydrogen-bond acceptors (Lipinski definition) is 5. The van der Waals surface area contributed by atoms with Gasteiger partial charge in [0.05, 0.1) is 13.7 Å². The molecule has 1 aromatic rings. The molecule has 1 rings (SSSR count). The molecule has 0 bridgehead atoms. The molecule has 0 aliphatic rings. The van der Waals surface area contributed by atoms with Crippen molar-refractivity contribution in [3.63, 3.8) is 0 Å². The SMILES string of the molecule is COc1ccc(OCC(=O)NCC(O)C(N)=O)cc1. The molecular weight excluding hydrogens is 252 g/mol. The predicted octanol–water partition coefficient (Wildman–Crippen LogP) is -0.964. The highest BCUT2D eigenvalue weighted by Crippen LogP contribution is 2.16. The molecule has 0 aliphatic carbocycles. The Morgan fingerprint density at radius 2 is 1.89 bits per heavy atom. The number of nitrogens with one attached hydrogen (secondary N) is 1. The van der Waals surface area contributed by atoms with E-state index in [1.165, 1.54) is 0 Å². The van der Waals surface area contributed by atoms with Gasteiger partial charge in [-0.2, -0.15) is 0 Å². The summed E-state index contributed by atoms with van der Waals surface area (Å²) in [4.78, 5) is 21.9. The molecular formula is C12H16N2O5. The summed E-state index contributed by atoms with van der Waals surface area (Å²) in [5, 5.41) is 11.4. The standard InChI is InChI=1S/C12H16N2O5/c1-18-8-2-4-9(5-3-8)19-7-11(16)14-6-10(15)12(13)17/h2-5,10,15H,6-7H2,1H3,(H2,13,17)(H,14,16). The van der Waals surface area contributed by atoms with Crippen LogP contribution in [0.1, 0.15) is 0 Å².